The van der Waals surface area contributed by atoms with Gasteiger partial charge in [0.25, 0.3) is 5.91 Å². The van der Waals surface area contributed by atoms with E-state index in [1.807, 2.05) is 44.5 Å². The molecule has 1 aromatic heterocycles. The molecule has 0 saturated carbocycles. The van der Waals surface area contributed by atoms with Crippen molar-refractivity contribution in [1.82, 2.24) is 15.1 Å². The van der Waals surface area contributed by atoms with E-state index in [9.17, 15) is 4.79 Å². The number of nitrogens with zero attached hydrogens (tertiary/aromatic N) is 2. The van der Waals surface area contributed by atoms with Gasteiger partial charge in [-0.05, 0) is 36.6 Å². The molecule has 0 aliphatic heterocycles. The predicted octanol–water partition coefficient (Wildman–Crippen LogP) is 2.20. The zero-order valence-corrected chi connectivity index (χ0v) is 14.3. The minimum Gasteiger partial charge on any atom is -0.493 e. The van der Waals surface area contributed by atoms with Crippen LogP contribution in [0.3, 0.4) is 0 Å². The first-order chi connectivity index (χ1) is 11.6. The van der Waals surface area contributed by atoms with Gasteiger partial charge in [-0.15, -0.1) is 0 Å². The monoisotopic (exact) mass is 329 g/mol. The molecule has 1 heterocycles. The zero-order chi connectivity index (χ0) is 17.4. The van der Waals surface area contributed by atoms with Crippen molar-refractivity contribution in [3.05, 3.63) is 47.8 Å². The molecule has 1 N–H and O–H groups in total. The van der Waals surface area contributed by atoms with Gasteiger partial charge in [0.2, 0.25) is 0 Å². The first-order valence-corrected chi connectivity index (χ1v) is 7.80. The van der Waals surface area contributed by atoms with Gasteiger partial charge in [0, 0.05) is 19.8 Å². The van der Waals surface area contributed by atoms with Crippen molar-refractivity contribution in [1.29, 1.82) is 0 Å². The number of aryl methyl sites for hydroxylation is 1. The SMILES string of the molecule is CC=Cc1ccc(OCC(=O)NCCc2cnn(C)c2)c(OC)c1. The zero-order valence-electron chi connectivity index (χ0n) is 14.3. The van der Waals surface area contributed by atoms with Crippen molar-refractivity contribution in [3.63, 3.8) is 0 Å². The number of allylic oxidation sites excluding steroid dienone is 1. The minimum atomic E-state index is -0.168. The van der Waals surface area contributed by atoms with Crippen molar-refractivity contribution in [2.75, 3.05) is 20.3 Å². The summed E-state index contributed by atoms with van der Waals surface area (Å²) < 4.78 is 12.6. The highest BCUT2D eigenvalue weighted by Gasteiger charge is 2.08. The molecule has 1 aromatic carbocycles. The van der Waals surface area contributed by atoms with Gasteiger partial charge in [0.05, 0.1) is 13.3 Å². The van der Waals surface area contributed by atoms with E-state index in [-0.39, 0.29) is 12.5 Å². The lowest BCUT2D eigenvalue weighted by Crippen LogP contribution is -2.30. The van der Waals surface area contributed by atoms with Crippen LogP contribution in [-0.4, -0.2) is 35.9 Å². The molecular weight excluding hydrogens is 306 g/mol. The van der Waals surface area contributed by atoms with Crippen LogP contribution in [0, 0.1) is 0 Å². The summed E-state index contributed by atoms with van der Waals surface area (Å²) in [5.41, 5.74) is 2.10. The summed E-state index contributed by atoms with van der Waals surface area (Å²) in [4.78, 5) is 11.9. The maximum absolute atomic E-state index is 11.9. The number of nitrogens with one attached hydrogen (secondary N) is 1. The number of carbonyl (C=O) groups is 1. The van der Waals surface area contributed by atoms with Crippen molar-refractivity contribution in [3.8, 4) is 11.5 Å². The van der Waals surface area contributed by atoms with Crippen molar-refractivity contribution >= 4 is 12.0 Å². The van der Waals surface area contributed by atoms with Crippen LogP contribution < -0.4 is 14.8 Å². The third-order valence-corrected chi connectivity index (χ3v) is 3.40. The number of aromatic nitrogens is 2. The second-order valence-corrected chi connectivity index (χ2v) is 5.32. The molecular formula is C18H23N3O3. The van der Waals surface area contributed by atoms with Crippen LogP contribution in [0.2, 0.25) is 0 Å². The van der Waals surface area contributed by atoms with Gasteiger partial charge in [0.15, 0.2) is 18.1 Å². The van der Waals surface area contributed by atoms with Gasteiger partial charge in [-0.25, -0.2) is 0 Å². The van der Waals surface area contributed by atoms with Gasteiger partial charge in [0.1, 0.15) is 0 Å². The Balaban J connectivity index is 1.80. The summed E-state index contributed by atoms with van der Waals surface area (Å²) in [6.07, 6.45) is 8.38. The molecule has 0 spiro atoms. The molecule has 128 valence electrons. The Morgan fingerprint density at radius 2 is 2.21 bits per heavy atom. The average Bonchev–Trinajstić information content (AvgIpc) is 2.99. The van der Waals surface area contributed by atoms with E-state index in [0.717, 1.165) is 17.5 Å². The van der Waals surface area contributed by atoms with Crippen LogP contribution in [0.15, 0.2) is 36.7 Å². The summed E-state index contributed by atoms with van der Waals surface area (Å²) >= 11 is 0. The molecule has 0 unspecified atom stereocenters. The second kappa shape index (κ2) is 8.76. The molecule has 6 heteroatoms. The van der Waals surface area contributed by atoms with Crippen LogP contribution in [-0.2, 0) is 18.3 Å². The quantitative estimate of drug-likeness (QED) is 0.806. The highest BCUT2D eigenvalue weighted by Crippen LogP contribution is 2.28. The van der Waals surface area contributed by atoms with Gasteiger partial charge in [-0.3, -0.25) is 9.48 Å². The largest absolute Gasteiger partial charge is 0.493 e. The number of methoxy groups -OCH3 is 1. The van der Waals surface area contributed by atoms with Gasteiger partial charge in [-0.2, -0.15) is 5.10 Å². The molecule has 2 aromatic rings. The van der Waals surface area contributed by atoms with Crippen molar-refractivity contribution in [2.24, 2.45) is 7.05 Å². The standard InChI is InChI=1S/C18H23N3O3/c1-4-5-14-6-7-16(17(10-14)23-3)24-13-18(22)19-9-8-15-11-20-21(2)12-15/h4-7,10-12H,8-9,13H2,1-3H3,(H,19,22). The number of hydrogen-bond acceptors (Lipinski definition) is 4. The van der Waals surface area contributed by atoms with Gasteiger partial charge in [-0.1, -0.05) is 18.2 Å². The van der Waals surface area contributed by atoms with E-state index in [1.54, 1.807) is 24.1 Å². The van der Waals surface area contributed by atoms with E-state index in [0.29, 0.717) is 18.0 Å². The summed E-state index contributed by atoms with van der Waals surface area (Å²) in [5, 5.41) is 6.92. The number of carbonyl (C=O) groups excluding carboxylic acids is 1. The Bertz CT molecular complexity index is 707. The average molecular weight is 329 g/mol. The molecule has 0 aliphatic carbocycles. The number of amides is 1. The fourth-order valence-corrected chi connectivity index (χ4v) is 2.24. The Labute approximate surface area is 142 Å². The van der Waals surface area contributed by atoms with E-state index in [4.69, 9.17) is 9.47 Å². The Hall–Kier alpha value is -2.76. The maximum atomic E-state index is 11.9. The lowest BCUT2D eigenvalue weighted by Gasteiger charge is -2.11. The van der Waals surface area contributed by atoms with Crippen LogP contribution >= 0.6 is 0 Å². The Morgan fingerprint density at radius 1 is 1.38 bits per heavy atom. The Kier molecular flexibility index (Phi) is 6.42. The third-order valence-electron chi connectivity index (χ3n) is 3.40. The van der Waals surface area contributed by atoms with E-state index >= 15 is 0 Å². The van der Waals surface area contributed by atoms with Crippen molar-refractivity contribution < 1.29 is 14.3 Å². The summed E-state index contributed by atoms with van der Waals surface area (Å²) in [7, 11) is 3.44. The number of rotatable bonds is 8. The van der Waals surface area contributed by atoms with Crippen LogP contribution in [0.5, 0.6) is 11.5 Å². The summed E-state index contributed by atoms with van der Waals surface area (Å²) in [5.74, 6) is 0.986. The molecule has 24 heavy (non-hydrogen) atoms. The molecule has 0 radical (unpaired) electrons. The number of benzene rings is 1. The van der Waals surface area contributed by atoms with E-state index < -0.39 is 0 Å². The van der Waals surface area contributed by atoms with E-state index in [1.165, 1.54) is 0 Å². The van der Waals surface area contributed by atoms with Crippen molar-refractivity contribution in [2.45, 2.75) is 13.3 Å². The highest BCUT2D eigenvalue weighted by molar-refractivity contribution is 5.77. The smallest absolute Gasteiger partial charge is 0.257 e. The molecule has 2 rings (SSSR count). The summed E-state index contributed by atoms with van der Waals surface area (Å²) in [6, 6.07) is 5.59. The summed E-state index contributed by atoms with van der Waals surface area (Å²) in [6.45, 7) is 2.45. The second-order valence-electron chi connectivity index (χ2n) is 5.32. The van der Waals surface area contributed by atoms with Crippen LogP contribution in [0.25, 0.3) is 6.08 Å². The first-order valence-electron chi connectivity index (χ1n) is 7.80. The molecule has 0 bridgehead atoms. The molecule has 0 aliphatic rings. The first kappa shape index (κ1) is 17.6. The predicted molar refractivity (Wildman–Crippen MR) is 93.1 cm³/mol. The number of ether oxygens (including phenoxy) is 2. The lowest BCUT2D eigenvalue weighted by molar-refractivity contribution is -0.123. The highest BCUT2D eigenvalue weighted by atomic mass is 16.5. The Morgan fingerprint density at radius 3 is 2.88 bits per heavy atom. The van der Waals surface area contributed by atoms with Gasteiger partial charge < -0.3 is 14.8 Å². The normalized spacial score (nSPS) is 10.8. The third kappa shape index (κ3) is 5.15. The minimum absolute atomic E-state index is 0.0492. The van der Waals surface area contributed by atoms with Crippen LogP contribution in [0.1, 0.15) is 18.1 Å². The maximum Gasteiger partial charge on any atom is 0.257 e. The fourth-order valence-electron chi connectivity index (χ4n) is 2.24. The van der Waals surface area contributed by atoms with Gasteiger partial charge >= 0.3 is 0 Å². The molecule has 0 atom stereocenters. The molecule has 6 nitrogen and oxygen atoms in total. The molecule has 0 saturated heterocycles. The number of hydrogen-bond donors (Lipinski definition) is 1. The topological polar surface area (TPSA) is 65.4 Å². The van der Waals surface area contributed by atoms with Crippen LogP contribution in [0.4, 0.5) is 0 Å². The lowest BCUT2D eigenvalue weighted by atomic mass is 10.2. The molecule has 1 amide bonds. The fraction of sp³-hybridized carbons (Fsp3) is 0.333. The van der Waals surface area contributed by atoms with E-state index in [2.05, 4.69) is 10.4 Å². The molecule has 0 fully saturated rings.